The summed E-state index contributed by atoms with van der Waals surface area (Å²) < 4.78 is 0. The number of urea groups is 1. The number of rotatable bonds is 16. The quantitative estimate of drug-likeness (QED) is 0.362. The fourth-order valence-electron chi connectivity index (χ4n) is 3.49. The van der Waals surface area contributed by atoms with Gasteiger partial charge in [0, 0.05) is 45.8 Å². The molecular weight excluding hydrogens is 324 g/mol. The van der Waals surface area contributed by atoms with Crippen molar-refractivity contribution < 1.29 is 4.79 Å². The number of amides is 2. The topological polar surface area (TPSA) is 56.4 Å². The highest BCUT2D eigenvalue weighted by molar-refractivity contribution is 5.73. The minimum atomic E-state index is -0.0109. The van der Waals surface area contributed by atoms with E-state index >= 15 is 0 Å². The molecule has 1 aliphatic rings. The van der Waals surface area contributed by atoms with Crippen molar-refractivity contribution in [1.29, 1.82) is 0 Å². The number of carbonyl (C=O) groups is 1. The lowest BCUT2D eigenvalue weighted by Crippen LogP contribution is -2.47. The Hall–Kier alpha value is -0.810. The molecule has 0 bridgehead atoms. The Morgan fingerprint density at radius 1 is 0.769 bits per heavy atom. The molecule has 154 valence electrons. The molecular formula is C21H44N4O. The van der Waals surface area contributed by atoms with Crippen LogP contribution in [0.3, 0.4) is 0 Å². The van der Waals surface area contributed by atoms with Gasteiger partial charge in [-0.2, -0.15) is 0 Å². The molecule has 3 N–H and O–H groups in total. The maximum atomic E-state index is 11.7. The van der Waals surface area contributed by atoms with Crippen molar-refractivity contribution in [3.63, 3.8) is 0 Å². The first-order valence-electron chi connectivity index (χ1n) is 11.3. The molecule has 1 saturated heterocycles. The summed E-state index contributed by atoms with van der Waals surface area (Å²) in [5.41, 5.74) is 0. The van der Waals surface area contributed by atoms with Crippen molar-refractivity contribution in [2.24, 2.45) is 0 Å². The van der Waals surface area contributed by atoms with Gasteiger partial charge in [0.05, 0.1) is 0 Å². The predicted molar refractivity (Wildman–Crippen MR) is 112 cm³/mol. The van der Waals surface area contributed by atoms with Crippen molar-refractivity contribution in [3.8, 4) is 0 Å². The van der Waals surface area contributed by atoms with Crippen LogP contribution in [-0.4, -0.2) is 56.7 Å². The zero-order valence-electron chi connectivity index (χ0n) is 17.3. The number of hydrogen-bond acceptors (Lipinski definition) is 3. The molecule has 1 rings (SSSR count). The Balaban J connectivity index is 1.74. The molecule has 0 aromatic heterocycles. The molecule has 0 saturated carbocycles. The standard InChI is InChI=1S/C21H44N4O/c1-2-3-4-5-6-7-8-9-10-11-12-13-14-23-21(26)24-17-20-25-18-15-22-16-19-25/h22H,2-20H2,1H3,(H2,23,24,26). The normalized spacial score (nSPS) is 15.1. The third kappa shape index (κ3) is 14.4. The maximum Gasteiger partial charge on any atom is 0.314 e. The van der Waals surface area contributed by atoms with E-state index in [1.165, 1.54) is 70.6 Å². The Morgan fingerprint density at radius 2 is 1.27 bits per heavy atom. The van der Waals surface area contributed by atoms with Gasteiger partial charge < -0.3 is 16.0 Å². The van der Waals surface area contributed by atoms with Gasteiger partial charge in [0.1, 0.15) is 0 Å². The summed E-state index contributed by atoms with van der Waals surface area (Å²) in [6, 6.07) is -0.0109. The molecule has 0 atom stereocenters. The molecule has 1 fully saturated rings. The van der Waals surface area contributed by atoms with Crippen LogP contribution >= 0.6 is 0 Å². The van der Waals surface area contributed by atoms with Gasteiger partial charge in [0.25, 0.3) is 0 Å². The number of piperazine rings is 1. The summed E-state index contributed by atoms with van der Waals surface area (Å²) in [5.74, 6) is 0. The van der Waals surface area contributed by atoms with Crippen LogP contribution in [0.25, 0.3) is 0 Å². The van der Waals surface area contributed by atoms with Crippen LogP contribution in [0.1, 0.15) is 84.0 Å². The van der Waals surface area contributed by atoms with E-state index in [-0.39, 0.29) is 6.03 Å². The lowest BCUT2D eigenvalue weighted by atomic mass is 10.1. The van der Waals surface area contributed by atoms with E-state index in [1.807, 2.05) is 0 Å². The first-order chi connectivity index (χ1) is 12.8. The minimum absolute atomic E-state index is 0.0109. The fourth-order valence-corrected chi connectivity index (χ4v) is 3.49. The first-order valence-corrected chi connectivity index (χ1v) is 11.3. The molecule has 1 heterocycles. The van der Waals surface area contributed by atoms with E-state index in [2.05, 4.69) is 27.8 Å². The largest absolute Gasteiger partial charge is 0.338 e. The molecule has 0 unspecified atom stereocenters. The van der Waals surface area contributed by atoms with Crippen LogP contribution in [0.2, 0.25) is 0 Å². The molecule has 0 spiro atoms. The first kappa shape index (κ1) is 23.2. The summed E-state index contributed by atoms with van der Waals surface area (Å²) in [5, 5.41) is 9.28. The van der Waals surface area contributed by atoms with Crippen LogP contribution in [-0.2, 0) is 0 Å². The van der Waals surface area contributed by atoms with Crippen molar-refractivity contribution in [2.45, 2.75) is 84.0 Å². The van der Waals surface area contributed by atoms with Crippen molar-refractivity contribution in [2.75, 3.05) is 45.8 Å². The molecule has 0 radical (unpaired) electrons. The van der Waals surface area contributed by atoms with Gasteiger partial charge in [0.2, 0.25) is 0 Å². The molecule has 26 heavy (non-hydrogen) atoms. The van der Waals surface area contributed by atoms with Crippen LogP contribution in [0.15, 0.2) is 0 Å². The minimum Gasteiger partial charge on any atom is -0.338 e. The predicted octanol–water partition coefficient (Wildman–Crippen LogP) is 3.89. The van der Waals surface area contributed by atoms with E-state index < -0.39 is 0 Å². The maximum absolute atomic E-state index is 11.7. The van der Waals surface area contributed by atoms with Crippen molar-refractivity contribution in [3.05, 3.63) is 0 Å². The van der Waals surface area contributed by atoms with E-state index in [9.17, 15) is 4.79 Å². The van der Waals surface area contributed by atoms with Crippen molar-refractivity contribution >= 4 is 6.03 Å². The summed E-state index contributed by atoms with van der Waals surface area (Å²) in [7, 11) is 0. The molecule has 0 aromatic carbocycles. The fraction of sp³-hybridized carbons (Fsp3) is 0.952. The van der Waals surface area contributed by atoms with E-state index in [0.717, 1.165) is 52.2 Å². The summed E-state index contributed by atoms with van der Waals surface area (Å²) in [4.78, 5) is 14.1. The second-order valence-corrected chi connectivity index (χ2v) is 7.66. The summed E-state index contributed by atoms with van der Waals surface area (Å²) in [6.07, 6.45) is 16.2. The molecule has 5 heteroatoms. The highest BCUT2D eigenvalue weighted by atomic mass is 16.2. The SMILES string of the molecule is CCCCCCCCCCCCCCNC(=O)NCCN1CCNCC1. The highest BCUT2D eigenvalue weighted by Gasteiger charge is 2.08. The molecule has 2 amide bonds. The van der Waals surface area contributed by atoms with Gasteiger partial charge in [-0.1, -0.05) is 77.6 Å². The zero-order valence-corrected chi connectivity index (χ0v) is 17.3. The van der Waals surface area contributed by atoms with Gasteiger partial charge in [-0.15, -0.1) is 0 Å². The van der Waals surface area contributed by atoms with E-state index in [1.54, 1.807) is 0 Å². The average molecular weight is 369 g/mol. The lowest BCUT2D eigenvalue weighted by molar-refractivity contribution is 0.227. The van der Waals surface area contributed by atoms with Gasteiger partial charge in [-0.05, 0) is 6.42 Å². The van der Waals surface area contributed by atoms with Gasteiger partial charge in [-0.3, -0.25) is 4.90 Å². The third-order valence-corrected chi connectivity index (χ3v) is 5.24. The summed E-state index contributed by atoms with van der Waals surface area (Å²) in [6.45, 7) is 9.06. The molecule has 1 aliphatic heterocycles. The van der Waals surface area contributed by atoms with Gasteiger partial charge >= 0.3 is 6.03 Å². The zero-order chi connectivity index (χ0) is 18.7. The smallest absolute Gasteiger partial charge is 0.314 e. The van der Waals surface area contributed by atoms with Gasteiger partial charge in [0.15, 0.2) is 0 Å². The Labute approximate surface area is 162 Å². The number of nitrogens with zero attached hydrogens (tertiary/aromatic N) is 1. The molecule has 0 aromatic rings. The Bertz CT molecular complexity index is 319. The van der Waals surface area contributed by atoms with E-state index in [0.29, 0.717) is 0 Å². The monoisotopic (exact) mass is 368 g/mol. The second-order valence-electron chi connectivity index (χ2n) is 7.66. The highest BCUT2D eigenvalue weighted by Crippen LogP contribution is 2.11. The number of hydrogen-bond donors (Lipinski definition) is 3. The van der Waals surface area contributed by atoms with Crippen LogP contribution in [0.4, 0.5) is 4.79 Å². The lowest BCUT2D eigenvalue weighted by Gasteiger charge is -2.27. The third-order valence-electron chi connectivity index (χ3n) is 5.24. The van der Waals surface area contributed by atoms with Crippen LogP contribution < -0.4 is 16.0 Å². The van der Waals surface area contributed by atoms with E-state index in [4.69, 9.17) is 0 Å². The molecule has 5 nitrogen and oxygen atoms in total. The average Bonchev–Trinajstić information content (AvgIpc) is 2.66. The van der Waals surface area contributed by atoms with Crippen LogP contribution in [0.5, 0.6) is 0 Å². The summed E-state index contributed by atoms with van der Waals surface area (Å²) >= 11 is 0. The Morgan fingerprint density at radius 3 is 1.85 bits per heavy atom. The number of carbonyl (C=O) groups excluding carboxylic acids is 1. The Kier molecular flexibility index (Phi) is 15.7. The number of nitrogens with one attached hydrogen (secondary N) is 3. The second kappa shape index (κ2) is 17.6. The molecule has 0 aliphatic carbocycles. The van der Waals surface area contributed by atoms with Crippen molar-refractivity contribution in [1.82, 2.24) is 20.9 Å². The van der Waals surface area contributed by atoms with Crippen LogP contribution in [0, 0.1) is 0 Å². The number of unbranched alkanes of at least 4 members (excludes halogenated alkanes) is 11. The van der Waals surface area contributed by atoms with Gasteiger partial charge in [-0.25, -0.2) is 4.79 Å².